The van der Waals surface area contributed by atoms with Gasteiger partial charge < -0.3 is 0 Å². The molecular weight excluding hydrogens is 144 g/mol. The van der Waals surface area contributed by atoms with Gasteiger partial charge in [0.2, 0.25) is 0 Å². The Kier molecular flexibility index (Phi) is 9.10. The summed E-state index contributed by atoms with van der Waals surface area (Å²) in [6, 6.07) is 0. The molecule has 0 saturated heterocycles. The van der Waals surface area contributed by atoms with E-state index in [1.165, 1.54) is 12.2 Å². The molecular formula is C8H15OS. The van der Waals surface area contributed by atoms with E-state index in [-0.39, 0.29) is 6.61 Å². The maximum atomic E-state index is 10.00. The lowest BCUT2D eigenvalue weighted by Gasteiger charge is -1.95. The molecule has 0 bridgehead atoms. The second-order valence-corrected chi connectivity index (χ2v) is 3.28. The Morgan fingerprint density at radius 2 is 2.10 bits per heavy atom. The normalized spacial score (nSPS) is 9.70. The van der Waals surface area contributed by atoms with E-state index in [2.05, 4.69) is 6.58 Å². The molecule has 0 aliphatic heterocycles. The first kappa shape index (κ1) is 10.0. The van der Waals surface area contributed by atoms with Crippen LogP contribution in [0.2, 0.25) is 0 Å². The Morgan fingerprint density at radius 3 is 2.70 bits per heavy atom. The molecule has 0 N–H and O–H groups in total. The number of unbranched alkanes of at least 4 members (excludes halogenated alkanes) is 2. The fourth-order valence-corrected chi connectivity index (χ4v) is 1.39. The van der Waals surface area contributed by atoms with Crippen LogP contribution in [0.1, 0.15) is 19.3 Å². The van der Waals surface area contributed by atoms with Gasteiger partial charge in [-0.15, -0.1) is 6.58 Å². The summed E-state index contributed by atoms with van der Waals surface area (Å²) in [5.41, 5.74) is 0. The minimum Gasteiger partial charge on any atom is -0.237 e. The van der Waals surface area contributed by atoms with Crippen LogP contribution in [0, 0.1) is 0 Å². The van der Waals surface area contributed by atoms with E-state index < -0.39 is 0 Å². The first-order chi connectivity index (χ1) is 4.91. The van der Waals surface area contributed by atoms with E-state index in [4.69, 9.17) is 0 Å². The number of rotatable bonds is 7. The number of hydrogen-bond acceptors (Lipinski definition) is 1. The van der Waals surface area contributed by atoms with Crippen LogP contribution in [0.4, 0.5) is 0 Å². The van der Waals surface area contributed by atoms with Gasteiger partial charge in [0.05, 0.1) is 6.61 Å². The van der Waals surface area contributed by atoms with Crippen molar-refractivity contribution in [3.63, 3.8) is 0 Å². The van der Waals surface area contributed by atoms with Crippen molar-refractivity contribution < 1.29 is 5.11 Å². The highest BCUT2D eigenvalue weighted by atomic mass is 32.2. The largest absolute Gasteiger partial charge is 0.237 e. The summed E-state index contributed by atoms with van der Waals surface area (Å²) in [6.45, 7) is 3.71. The van der Waals surface area contributed by atoms with Gasteiger partial charge in [0.1, 0.15) is 0 Å². The SMILES string of the molecule is C=CCSCCCCC[O]. The van der Waals surface area contributed by atoms with Gasteiger partial charge in [0, 0.05) is 5.75 Å². The van der Waals surface area contributed by atoms with Crippen LogP contribution in [0.25, 0.3) is 0 Å². The lowest BCUT2D eigenvalue weighted by molar-refractivity contribution is 0.186. The average Bonchev–Trinajstić information content (AvgIpc) is 1.97. The Labute approximate surface area is 67.5 Å². The molecule has 0 aromatic carbocycles. The van der Waals surface area contributed by atoms with Crippen LogP contribution in [-0.2, 0) is 5.11 Å². The molecule has 0 aliphatic rings. The van der Waals surface area contributed by atoms with Crippen molar-refractivity contribution in [3.05, 3.63) is 12.7 Å². The van der Waals surface area contributed by atoms with Crippen LogP contribution in [0.3, 0.4) is 0 Å². The maximum absolute atomic E-state index is 10.00. The molecule has 1 radical (unpaired) electrons. The van der Waals surface area contributed by atoms with Gasteiger partial charge in [-0.05, 0) is 18.6 Å². The van der Waals surface area contributed by atoms with E-state index in [9.17, 15) is 5.11 Å². The van der Waals surface area contributed by atoms with Crippen molar-refractivity contribution in [3.8, 4) is 0 Å². The zero-order chi connectivity index (χ0) is 7.66. The standard InChI is InChI=1S/C8H15OS/c1-2-7-10-8-5-3-4-6-9/h2H,1,3-8H2. The molecule has 0 aliphatic carbocycles. The molecule has 1 nitrogen and oxygen atoms in total. The van der Waals surface area contributed by atoms with Gasteiger partial charge in [-0.1, -0.05) is 12.5 Å². The second kappa shape index (κ2) is 9.05. The third-order valence-corrected chi connectivity index (χ3v) is 2.22. The fourth-order valence-electron chi connectivity index (χ4n) is 0.650. The molecule has 0 atom stereocenters. The molecule has 0 aromatic heterocycles. The summed E-state index contributed by atoms with van der Waals surface area (Å²) in [7, 11) is 0. The van der Waals surface area contributed by atoms with Gasteiger partial charge in [0.25, 0.3) is 0 Å². The van der Waals surface area contributed by atoms with Crippen molar-refractivity contribution in [1.29, 1.82) is 0 Å². The highest BCUT2D eigenvalue weighted by Gasteiger charge is 1.87. The molecule has 59 valence electrons. The Hall–Kier alpha value is 0.0500. The zero-order valence-corrected chi connectivity index (χ0v) is 7.16. The van der Waals surface area contributed by atoms with Gasteiger partial charge in [-0.3, -0.25) is 0 Å². The number of hydrogen-bond donors (Lipinski definition) is 0. The molecule has 0 aromatic rings. The van der Waals surface area contributed by atoms with E-state index in [0.29, 0.717) is 0 Å². The van der Waals surface area contributed by atoms with E-state index in [1.807, 2.05) is 17.8 Å². The van der Waals surface area contributed by atoms with E-state index in [0.717, 1.165) is 18.6 Å². The highest BCUT2D eigenvalue weighted by Crippen LogP contribution is 2.05. The summed E-state index contributed by atoms with van der Waals surface area (Å²) in [4.78, 5) is 0. The lowest BCUT2D eigenvalue weighted by Crippen LogP contribution is -1.84. The van der Waals surface area contributed by atoms with Crippen molar-refractivity contribution in [1.82, 2.24) is 0 Å². The Bertz CT molecular complexity index is 73.7. The van der Waals surface area contributed by atoms with Crippen molar-refractivity contribution >= 4 is 11.8 Å². The molecule has 0 unspecified atom stereocenters. The van der Waals surface area contributed by atoms with Crippen LogP contribution >= 0.6 is 11.8 Å². The minimum absolute atomic E-state index is 0.0894. The first-order valence-electron chi connectivity index (χ1n) is 3.68. The maximum Gasteiger partial charge on any atom is 0.0822 e. The number of thioether (sulfide) groups is 1. The molecule has 0 saturated carbocycles. The monoisotopic (exact) mass is 159 g/mol. The fraction of sp³-hybridized carbons (Fsp3) is 0.750. The molecule has 0 heterocycles. The zero-order valence-electron chi connectivity index (χ0n) is 6.34. The van der Waals surface area contributed by atoms with Crippen molar-refractivity contribution in [2.45, 2.75) is 19.3 Å². The molecule has 10 heavy (non-hydrogen) atoms. The highest BCUT2D eigenvalue weighted by molar-refractivity contribution is 7.99. The molecule has 2 heteroatoms. The van der Waals surface area contributed by atoms with Crippen molar-refractivity contribution in [2.75, 3.05) is 18.1 Å². The molecule has 0 amide bonds. The third kappa shape index (κ3) is 8.05. The van der Waals surface area contributed by atoms with Crippen LogP contribution in [0.15, 0.2) is 12.7 Å². The van der Waals surface area contributed by atoms with Gasteiger partial charge in [-0.2, -0.15) is 11.8 Å². The molecule has 0 rings (SSSR count). The Morgan fingerprint density at radius 1 is 1.30 bits per heavy atom. The summed E-state index contributed by atoms with van der Waals surface area (Å²) in [6.07, 6.45) is 5.03. The van der Waals surface area contributed by atoms with Gasteiger partial charge in [0.15, 0.2) is 0 Å². The summed E-state index contributed by atoms with van der Waals surface area (Å²) in [5.74, 6) is 2.21. The average molecular weight is 159 g/mol. The topological polar surface area (TPSA) is 19.9 Å². The van der Waals surface area contributed by atoms with Gasteiger partial charge in [-0.25, -0.2) is 5.11 Å². The quantitative estimate of drug-likeness (QED) is 0.413. The second-order valence-electron chi connectivity index (χ2n) is 2.13. The smallest absolute Gasteiger partial charge is 0.0822 e. The van der Waals surface area contributed by atoms with E-state index >= 15 is 0 Å². The summed E-state index contributed by atoms with van der Waals surface area (Å²) < 4.78 is 0. The van der Waals surface area contributed by atoms with Crippen LogP contribution in [0.5, 0.6) is 0 Å². The first-order valence-corrected chi connectivity index (χ1v) is 4.84. The predicted octanol–water partition coefficient (Wildman–Crippen LogP) is 2.51. The third-order valence-electron chi connectivity index (χ3n) is 1.17. The molecule has 0 fully saturated rings. The molecule has 0 spiro atoms. The lowest BCUT2D eigenvalue weighted by atomic mass is 10.3. The Balaban J connectivity index is 2.70. The van der Waals surface area contributed by atoms with E-state index in [1.54, 1.807) is 0 Å². The van der Waals surface area contributed by atoms with Crippen LogP contribution < -0.4 is 0 Å². The van der Waals surface area contributed by atoms with Gasteiger partial charge >= 0.3 is 0 Å². The summed E-state index contributed by atoms with van der Waals surface area (Å²) in [5, 5.41) is 10.00. The van der Waals surface area contributed by atoms with Crippen molar-refractivity contribution in [2.24, 2.45) is 0 Å². The predicted molar refractivity (Wildman–Crippen MR) is 46.9 cm³/mol. The minimum atomic E-state index is 0.0894. The van der Waals surface area contributed by atoms with Crippen LogP contribution in [-0.4, -0.2) is 18.1 Å². The summed E-state index contributed by atoms with van der Waals surface area (Å²) >= 11 is 1.88.